The van der Waals surface area contributed by atoms with Crippen LogP contribution in [0, 0.1) is 5.82 Å². The van der Waals surface area contributed by atoms with Crippen LogP contribution in [0.3, 0.4) is 0 Å². The molecule has 0 aliphatic heterocycles. The van der Waals surface area contributed by atoms with Gasteiger partial charge in [-0.1, -0.05) is 12.6 Å². The van der Waals surface area contributed by atoms with Gasteiger partial charge in [-0.25, -0.2) is 9.37 Å². The fourth-order valence-corrected chi connectivity index (χ4v) is 2.16. The molecule has 18 heavy (non-hydrogen) atoms. The van der Waals surface area contributed by atoms with Gasteiger partial charge in [0, 0.05) is 5.56 Å². The van der Waals surface area contributed by atoms with Crippen molar-refractivity contribution in [2.75, 3.05) is 0 Å². The Balaban J connectivity index is 2.12. The van der Waals surface area contributed by atoms with Gasteiger partial charge in [-0.15, -0.1) is 0 Å². The molecule has 1 aromatic heterocycles. The normalized spacial score (nSPS) is 14.5. The maximum absolute atomic E-state index is 13.0. The molecule has 0 radical (unpaired) electrons. The van der Waals surface area contributed by atoms with Gasteiger partial charge in [0.15, 0.2) is 0 Å². The second kappa shape index (κ2) is 4.37. The molecule has 0 atom stereocenters. The van der Waals surface area contributed by atoms with Crippen LogP contribution >= 0.6 is 0 Å². The largest absolute Gasteiger partial charge is 0.248 e. The van der Waals surface area contributed by atoms with Gasteiger partial charge in [-0.2, -0.15) is 0 Å². The Morgan fingerprint density at radius 3 is 2.44 bits per heavy atom. The van der Waals surface area contributed by atoms with Crippen molar-refractivity contribution in [1.29, 1.82) is 0 Å². The molecule has 1 nitrogen and oxygen atoms in total. The van der Waals surface area contributed by atoms with Gasteiger partial charge >= 0.3 is 0 Å². The van der Waals surface area contributed by atoms with Crippen LogP contribution in [-0.4, -0.2) is 4.98 Å². The minimum Gasteiger partial charge on any atom is -0.248 e. The van der Waals surface area contributed by atoms with Gasteiger partial charge in [0.05, 0.1) is 11.4 Å². The third kappa shape index (κ3) is 2.06. The van der Waals surface area contributed by atoms with Crippen molar-refractivity contribution in [1.82, 2.24) is 4.98 Å². The fourth-order valence-electron chi connectivity index (χ4n) is 2.16. The first-order valence-corrected chi connectivity index (χ1v) is 6.17. The molecule has 0 saturated heterocycles. The zero-order valence-electron chi connectivity index (χ0n) is 10.1. The van der Waals surface area contributed by atoms with E-state index in [1.54, 1.807) is 18.2 Å². The Hall–Kier alpha value is -1.96. The van der Waals surface area contributed by atoms with E-state index < -0.39 is 0 Å². The number of pyridine rings is 1. The molecule has 1 heterocycles. The minimum absolute atomic E-state index is 0.216. The summed E-state index contributed by atoms with van der Waals surface area (Å²) in [7, 11) is 0. The number of hydrogen-bond acceptors (Lipinski definition) is 1. The molecule has 1 aromatic carbocycles. The van der Waals surface area contributed by atoms with E-state index in [4.69, 9.17) is 0 Å². The second-order valence-electron chi connectivity index (χ2n) is 4.66. The third-order valence-corrected chi connectivity index (χ3v) is 3.29. The van der Waals surface area contributed by atoms with E-state index in [1.807, 2.05) is 6.07 Å². The van der Waals surface area contributed by atoms with E-state index in [2.05, 4.69) is 17.6 Å². The van der Waals surface area contributed by atoms with Crippen molar-refractivity contribution in [2.45, 2.75) is 18.8 Å². The molecule has 0 spiro atoms. The average molecular weight is 239 g/mol. The number of aromatic nitrogens is 1. The smallest absolute Gasteiger partial charge is 0.123 e. The molecule has 2 heteroatoms. The van der Waals surface area contributed by atoms with Crippen LogP contribution in [0.4, 0.5) is 4.39 Å². The summed E-state index contributed by atoms with van der Waals surface area (Å²) in [6.07, 6.45) is 4.19. The second-order valence-corrected chi connectivity index (χ2v) is 4.66. The van der Waals surface area contributed by atoms with Crippen molar-refractivity contribution >= 4 is 6.08 Å². The Morgan fingerprint density at radius 2 is 1.83 bits per heavy atom. The molecule has 0 bridgehead atoms. The fraction of sp³-hybridized carbons (Fsp3) is 0.188. The van der Waals surface area contributed by atoms with Crippen molar-refractivity contribution in [3.8, 4) is 11.3 Å². The van der Waals surface area contributed by atoms with Crippen LogP contribution in [-0.2, 0) is 0 Å². The molecule has 3 rings (SSSR count). The molecule has 0 unspecified atom stereocenters. The summed E-state index contributed by atoms with van der Waals surface area (Å²) in [4.78, 5) is 4.61. The lowest BCUT2D eigenvalue weighted by atomic mass is 10.0. The quantitative estimate of drug-likeness (QED) is 0.773. The predicted molar refractivity (Wildman–Crippen MR) is 71.7 cm³/mol. The van der Waals surface area contributed by atoms with Gasteiger partial charge in [0.2, 0.25) is 0 Å². The predicted octanol–water partition coefficient (Wildman–Crippen LogP) is 4.41. The Morgan fingerprint density at radius 1 is 1.11 bits per heavy atom. The zero-order valence-corrected chi connectivity index (χ0v) is 10.1. The summed E-state index contributed by atoms with van der Waals surface area (Å²) < 4.78 is 13.0. The maximum atomic E-state index is 13.0. The molecule has 1 fully saturated rings. The lowest BCUT2D eigenvalue weighted by molar-refractivity contribution is 0.628. The van der Waals surface area contributed by atoms with Crippen LogP contribution in [0.1, 0.15) is 30.0 Å². The van der Waals surface area contributed by atoms with Crippen LogP contribution in [0.2, 0.25) is 0 Å². The third-order valence-electron chi connectivity index (χ3n) is 3.29. The first-order valence-electron chi connectivity index (χ1n) is 6.17. The zero-order chi connectivity index (χ0) is 12.5. The van der Waals surface area contributed by atoms with Gasteiger partial charge in [-0.3, -0.25) is 0 Å². The van der Waals surface area contributed by atoms with Crippen molar-refractivity contribution in [3.63, 3.8) is 0 Å². The number of halogens is 1. The van der Waals surface area contributed by atoms with Gasteiger partial charge in [0.25, 0.3) is 0 Å². The number of rotatable bonds is 3. The molecule has 0 N–H and O–H groups in total. The highest BCUT2D eigenvalue weighted by atomic mass is 19.1. The molecule has 90 valence electrons. The van der Waals surface area contributed by atoms with E-state index >= 15 is 0 Å². The van der Waals surface area contributed by atoms with E-state index in [1.165, 1.54) is 30.5 Å². The van der Waals surface area contributed by atoms with Crippen LogP contribution < -0.4 is 0 Å². The van der Waals surface area contributed by atoms with Gasteiger partial charge < -0.3 is 0 Å². The standard InChI is InChI=1S/C16H14FN/c1-2-14-9-10-15(11-3-4-11)16(18-14)12-5-7-13(17)8-6-12/h2,5-11H,1,3-4H2. The molecule has 2 aromatic rings. The summed E-state index contributed by atoms with van der Waals surface area (Å²) in [5.74, 6) is 0.406. The van der Waals surface area contributed by atoms with Crippen molar-refractivity contribution < 1.29 is 4.39 Å². The number of nitrogens with zero attached hydrogens (tertiary/aromatic N) is 1. The maximum Gasteiger partial charge on any atom is 0.123 e. The van der Waals surface area contributed by atoms with Gasteiger partial charge in [-0.05, 0) is 60.7 Å². The summed E-state index contributed by atoms with van der Waals surface area (Å²) in [5, 5.41) is 0. The first kappa shape index (κ1) is 11.1. The molecule has 0 amide bonds. The van der Waals surface area contributed by atoms with Crippen LogP contribution in [0.25, 0.3) is 17.3 Å². The molecule has 1 saturated carbocycles. The summed E-state index contributed by atoms with van der Waals surface area (Å²) >= 11 is 0. The molecule has 1 aliphatic carbocycles. The van der Waals surface area contributed by atoms with Crippen LogP contribution in [0.15, 0.2) is 43.0 Å². The summed E-state index contributed by atoms with van der Waals surface area (Å²) in [6.45, 7) is 3.75. The summed E-state index contributed by atoms with van der Waals surface area (Å²) in [5.41, 5.74) is 4.07. The van der Waals surface area contributed by atoms with E-state index in [0.717, 1.165) is 17.0 Å². The Kier molecular flexibility index (Phi) is 2.71. The summed E-state index contributed by atoms with van der Waals surface area (Å²) in [6, 6.07) is 10.7. The highest BCUT2D eigenvalue weighted by Crippen LogP contribution is 2.43. The van der Waals surface area contributed by atoms with Crippen molar-refractivity contribution in [3.05, 3.63) is 60.1 Å². The van der Waals surface area contributed by atoms with Gasteiger partial charge in [0.1, 0.15) is 5.82 Å². The number of benzene rings is 1. The van der Waals surface area contributed by atoms with E-state index in [-0.39, 0.29) is 5.82 Å². The molecular formula is C16H14FN. The Labute approximate surface area is 106 Å². The molecular weight excluding hydrogens is 225 g/mol. The SMILES string of the molecule is C=Cc1ccc(C2CC2)c(-c2ccc(F)cc2)n1. The number of hydrogen-bond donors (Lipinski definition) is 0. The highest BCUT2D eigenvalue weighted by molar-refractivity contribution is 5.66. The topological polar surface area (TPSA) is 12.9 Å². The Bertz CT molecular complexity index is 583. The lowest BCUT2D eigenvalue weighted by Crippen LogP contribution is -1.94. The highest BCUT2D eigenvalue weighted by Gasteiger charge is 2.27. The van der Waals surface area contributed by atoms with Crippen LogP contribution in [0.5, 0.6) is 0 Å². The average Bonchev–Trinajstić information content (AvgIpc) is 3.23. The monoisotopic (exact) mass is 239 g/mol. The first-order chi connectivity index (χ1) is 8.78. The minimum atomic E-state index is -0.216. The lowest BCUT2D eigenvalue weighted by Gasteiger charge is -2.09. The van der Waals surface area contributed by atoms with E-state index in [0.29, 0.717) is 5.92 Å². The molecule has 1 aliphatic rings. The van der Waals surface area contributed by atoms with Crippen molar-refractivity contribution in [2.24, 2.45) is 0 Å². The van der Waals surface area contributed by atoms with E-state index in [9.17, 15) is 4.39 Å².